The second-order valence-electron chi connectivity index (χ2n) is 6.40. The zero-order chi connectivity index (χ0) is 19.2. The van der Waals surface area contributed by atoms with E-state index < -0.39 is 5.41 Å². The molecule has 2 rings (SSSR count). The van der Waals surface area contributed by atoms with Crippen LogP contribution < -0.4 is 10.6 Å². The molecule has 138 valence electrons. The molecule has 0 radical (unpaired) electrons. The van der Waals surface area contributed by atoms with Gasteiger partial charge in [0.2, 0.25) is 11.8 Å². The molecule has 0 spiro atoms. The van der Waals surface area contributed by atoms with Gasteiger partial charge >= 0.3 is 0 Å². The number of nitrogens with one attached hydrogen (secondary N) is 2. The van der Waals surface area contributed by atoms with Gasteiger partial charge in [0.25, 0.3) is 0 Å². The number of hydrogen-bond acceptors (Lipinski definition) is 3. The van der Waals surface area contributed by atoms with Crippen molar-refractivity contribution in [2.45, 2.75) is 26.8 Å². The van der Waals surface area contributed by atoms with Crippen LogP contribution >= 0.6 is 23.2 Å². The molecule has 26 heavy (non-hydrogen) atoms. The number of pyridine rings is 1. The van der Waals surface area contributed by atoms with Crippen LogP contribution in [0.3, 0.4) is 0 Å². The van der Waals surface area contributed by atoms with Gasteiger partial charge in [0.05, 0.1) is 0 Å². The summed E-state index contributed by atoms with van der Waals surface area (Å²) in [5.41, 5.74) is 0.620. The lowest BCUT2D eigenvalue weighted by Gasteiger charge is -2.23. The third-order valence-electron chi connectivity index (χ3n) is 4.03. The van der Waals surface area contributed by atoms with Gasteiger partial charge in [0, 0.05) is 35.5 Å². The van der Waals surface area contributed by atoms with Crippen molar-refractivity contribution in [3.05, 3.63) is 63.9 Å². The van der Waals surface area contributed by atoms with Gasteiger partial charge in [-0.05, 0) is 55.7 Å². The largest absolute Gasteiger partial charge is 0.355 e. The van der Waals surface area contributed by atoms with E-state index in [-0.39, 0.29) is 11.8 Å². The predicted molar refractivity (Wildman–Crippen MR) is 103 cm³/mol. The van der Waals surface area contributed by atoms with Gasteiger partial charge in [-0.25, -0.2) is 0 Å². The molecule has 0 aliphatic carbocycles. The number of nitrogens with zero attached hydrogens (tertiary/aromatic N) is 1. The highest BCUT2D eigenvalue weighted by Gasteiger charge is 2.35. The van der Waals surface area contributed by atoms with Crippen molar-refractivity contribution < 1.29 is 9.59 Å². The first kappa shape index (κ1) is 20.2. The Morgan fingerprint density at radius 3 is 2.35 bits per heavy atom. The molecule has 1 heterocycles. The molecule has 0 aliphatic heterocycles. The lowest BCUT2D eigenvalue weighted by molar-refractivity contribution is -0.141. The van der Waals surface area contributed by atoms with E-state index in [2.05, 4.69) is 15.6 Å². The van der Waals surface area contributed by atoms with Crippen molar-refractivity contribution >= 4 is 35.0 Å². The Labute approximate surface area is 163 Å². The van der Waals surface area contributed by atoms with Crippen molar-refractivity contribution in [3.63, 3.8) is 0 Å². The van der Waals surface area contributed by atoms with Crippen molar-refractivity contribution in [1.29, 1.82) is 0 Å². The molecule has 0 saturated heterocycles. The monoisotopic (exact) mass is 393 g/mol. The summed E-state index contributed by atoms with van der Waals surface area (Å²) in [6.45, 7) is 3.92. The Bertz CT molecular complexity index is 780. The molecular weight excluding hydrogens is 373 g/mol. The first-order chi connectivity index (χ1) is 12.3. The number of benzene rings is 1. The minimum Gasteiger partial charge on any atom is -0.355 e. The van der Waals surface area contributed by atoms with E-state index in [9.17, 15) is 9.59 Å². The van der Waals surface area contributed by atoms with Crippen LogP contribution in [0.25, 0.3) is 0 Å². The maximum absolute atomic E-state index is 12.4. The van der Waals surface area contributed by atoms with Gasteiger partial charge in [-0.15, -0.1) is 0 Å². The maximum atomic E-state index is 12.4. The van der Waals surface area contributed by atoms with E-state index in [0.29, 0.717) is 29.6 Å². The predicted octanol–water partition coefficient (Wildman–Crippen LogP) is 3.39. The molecule has 5 nitrogen and oxygen atoms in total. The molecule has 0 unspecified atom stereocenters. The van der Waals surface area contributed by atoms with E-state index >= 15 is 0 Å². The minimum absolute atomic E-state index is 0.337. The van der Waals surface area contributed by atoms with Gasteiger partial charge in [0.1, 0.15) is 5.41 Å². The average Bonchev–Trinajstić information content (AvgIpc) is 2.62. The van der Waals surface area contributed by atoms with E-state index in [1.54, 1.807) is 38.4 Å². The summed E-state index contributed by atoms with van der Waals surface area (Å²) in [6, 6.07) is 8.85. The van der Waals surface area contributed by atoms with Gasteiger partial charge in [-0.3, -0.25) is 14.6 Å². The summed E-state index contributed by atoms with van der Waals surface area (Å²) in [7, 11) is 0. The van der Waals surface area contributed by atoms with E-state index in [1.165, 1.54) is 0 Å². The molecule has 2 aromatic rings. The summed E-state index contributed by atoms with van der Waals surface area (Å²) in [5.74, 6) is -0.675. The van der Waals surface area contributed by atoms with Crippen LogP contribution in [-0.2, 0) is 22.6 Å². The summed E-state index contributed by atoms with van der Waals surface area (Å²) >= 11 is 12.0. The van der Waals surface area contributed by atoms with Crippen LogP contribution in [-0.4, -0.2) is 23.3 Å². The highest BCUT2D eigenvalue weighted by atomic mass is 35.5. The minimum atomic E-state index is -1.18. The standard InChI is InChI=1S/C19H21Cl2N3O2/c1-19(2,18(26)24-12-13-5-8-22-9-6-13)17(25)23-10-7-14-3-4-15(20)11-16(14)21/h3-6,8-9,11H,7,10,12H2,1-2H3,(H,23,25)(H,24,26). The Balaban J connectivity index is 1.85. The smallest absolute Gasteiger partial charge is 0.235 e. The molecule has 1 aromatic heterocycles. The van der Waals surface area contributed by atoms with Crippen LogP contribution in [0.1, 0.15) is 25.0 Å². The average molecular weight is 394 g/mol. The molecule has 0 aliphatic rings. The lowest BCUT2D eigenvalue weighted by Crippen LogP contribution is -2.48. The topological polar surface area (TPSA) is 71.1 Å². The lowest BCUT2D eigenvalue weighted by atomic mass is 9.91. The zero-order valence-corrected chi connectivity index (χ0v) is 16.2. The molecule has 0 atom stereocenters. The van der Waals surface area contributed by atoms with Crippen LogP contribution in [0.5, 0.6) is 0 Å². The molecule has 2 amide bonds. The van der Waals surface area contributed by atoms with Gasteiger partial charge in [-0.1, -0.05) is 29.3 Å². The summed E-state index contributed by atoms with van der Waals surface area (Å²) in [4.78, 5) is 28.7. The Hall–Kier alpha value is -2.11. The first-order valence-corrected chi connectivity index (χ1v) is 8.95. The second-order valence-corrected chi connectivity index (χ2v) is 7.25. The summed E-state index contributed by atoms with van der Waals surface area (Å²) < 4.78 is 0. The van der Waals surface area contributed by atoms with Crippen molar-refractivity contribution in [1.82, 2.24) is 15.6 Å². The highest BCUT2D eigenvalue weighted by molar-refractivity contribution is 6.35. The van der Waals surface area contributed by atoms with Crippen molar-refractivity contribution in [2.75, 3.05) is 6.54 Å². The molecule has 0 saturated carbocycles. The number of amides is 2. The fourth-order valence-electron chi connectivity index (χ4n) is 2.26. The third kappa shape index (κ3) is 5.44. The van der Waals surface area contributed by atoms with Crippen LogP contribution in [0, 0.1) is 5.41 Å². The molecule has 0 fully saturated rings. The fourth-order valence-corrected chi connectivity index (χ4v) is 2.77. The molecule has 1 aromatic carbocycles. The van der Waals surface area contributed by atoms with Crippen LogP contribution in [0.2, 0.25) is 10.0 Å². The van der Waals surface area contributed by atoms with Gasteiger partial charge in [0.15, 0.2) is 0 Å². The Morgan fingerprint density at radius 1 is 1.04 bits per heavy atom. The van der Waals surface area contributed by atoms with Crippen molar-refractivity contribution in [2.24, 2.45) is 5.41 Å². The van der Waals surface area contributed by atoms with Crippen molar-refractivity contribution in [3.8, 4) is 0 Å². The second kappa shape index (κ2) is 9.01. The van der Waals surface area contributed by atoms with E-state index in [1.807, 2.05) is 18.2 Å². The molecular formula is C19H21Cl2N3O2. The molecule has 2 N–H and O–H groups in total. The highest BCUT2D eigenvalue weighted by Crippen LogP contribution is 2.21. The third-order valence-corrected chi connectivity index (χ3v) is 4.62. The number of halogens is 2. The number of aromatic nitrogens is 1. The first-order valence-electron chi connectivity index (χ1n) is 8.20. The van der Waals surface area contributed by atoms with E-state index in [0.717, 1.165) is 11.1 Å². The maximum Gasteiger partial charge on any atom is 0.235 e. The van der Waals surface area contributed by atoms with Crippen LogP contribution in [0.15, 0.2) is 42.7 Å². The Morgan fingerprint density at radius 2 is 1.69 bits per heavy atom. The normalized spacial score (nSPS) is 11.1. The number of carbonyl (C=O) groups excluding carboxylic acids is 2. The quantitative estimate of drug-likeness (QED) is 0.708. The molecule has 0 bridgehead atoms. The van der Waals surface area contributed by atoms with Crippen LogP contribution in [0.4, 0.5) is 0 Å². The van der Waals surface area contributed by atoms with Gasteiger partial charge in [-0.2, -0.15) is 0 Å². The number of hydrogen-bond donors (Lipinski definition) is 2. The fraction of sp³-hybridized carbons (Fsp3) is 0.316. The van der Waals surface area contributed by atoms with E-state index in [4.69, 9.17) is 23.2 Å². The zero-order valence-electron chi connectivity index (χ0n) is 14.7. The summed E-state index contributed by atoms with van der Waals surface area (Å²) in [6.07, 6.45) is 3.86. The molecule has 7 heteroatoms. The SMILES string of the molecule is CC(C)(C(=O)NCCc1ccc(Cl)cc1Cl)C(=O)NCc1ccncc1. The van der Waals surface area contributed by atoms with Gasteiger partial charge < -0.3 is 10.6 Å². The summed E-state index contributed by atoms with van der Waals surface area (Å²) in [5, 5.41) is 6.69. The Kier molecular flexibility index (Phi) is 7.00. The number of carbonyl (C=O) groups is 2. The number of rotatable bonds is 7.